The maximum absolute atomic E-state index is 6.57. The van der Waals surface area contributed by atoms with Crippen LogP contribution in [-0.2, 0) is 0 Å². The van der Waals surface area contributed by atoms with Crippen LogP contribution >= 0.6 is 33.2 Å². The van der Waals surface area contributed by atoms with E-state index in [0.717, 1.165) is 13.1 Å². The first kappa shape index (κ1) is 17.7. The molecule has 1 rings (SSSR count). The van der Waals surface area contributed by atoms with E-state index in [-0.39, 0.29) is 0 Å². The second-order valence-corrected chi connectivity index (χ2v) is 36.7. The van der Waals surface area contributed by atoms with Crippen LogP contribution in [0.4, 0.5) is 0 Å². The van der Waals surface area contributed by atoms with Crippen LogP contribution in [0.3, 0.4) is 0 Å². The molecule has 1 aliphatic rings. The van der Waals surface area contributed by atoms with Crippen LogP contribution in [0.5, 0.6) is 0 Å². The Kier molecular flexibility index (Phi) is 5.05. The molecular formula is C9H25Cl3N2Si4. The molecule has 108 valence electrons. The first-order valence-electron chi connectivity index (χ1n) is 6.34. The molecule has 0 saturated carbocycles. The summed E-state index contributed by atoms with van der Waals surface area (Å²) in [7, 11) is -4.96. The third-order valence-corrected chi connectivity index (χ3v) is 33.6. The number of hydrogen-bond acceptors (Lipinski definition) is 2. The average molecular weight is 380 g/mol. The minimum atomic E-state index is -2.72. The molecule has 0 aromatic heterocycles. The fourth-order valence-electron chi connectivity index (χ4n) is 3.06. The SMILES string of the molecule is C[Si](C)(C)N1CCN([Si](C)(C)C)[Si]1(C)[Si](Cl)(Cl)Cl. The lowest BCUT2D eigenvalue weighted by atomic mass is 10.7. The number of halogens is 3. The van der Waals surface area contributed by atoms with E-state index < -0.39 is 29.9 Å². The van der Waals surface area contributed by atoms with Crippen molar-refractivity contribution in [3.63, 3.8) is 0 Å². The second kappa shape index (κ2) is 5.14. The Bertz CT molecular complexity index is 299. The summed E-state index contributed by atoms with van der Waals surface area (Å²) in [6.07, 6.45) is 0. The molecule has 0 aliphatic carbocycles. The molecule has 0 N–H and O–H groups in total. The van der Waals surface area contributed by atoms with E-state index >= 15 is 0 Å². The molecule has 1 saturated heterocycles. The molecule has 0 amide bonds. The molecule has 0 radical (unpaired) electrons. The van der Waals surface area contributed by atoms with Gasteiger partial charge < -0.3 is 8.46 Å². The maximum atomic E-state index is 6.57. The van der Waals surface area contributed by atoms with Crippen molar-refractivity contribution in [2.24, 2.45) is 0 Å². The lowest BCUT2D eigenvalue weighted by Gasteiger charge is -2.50. The number of hydrogen-bond donors (Lipinski definition) is 0. The van der Waals surface area contributed by atoms with Gasteiger partial charge in [0.1, 0.15) is 16.5 Å². The summed E-state index contributed by atoms with van der Waals surface area (Å²) in [5.41, 5.74) is -2.72. The van der Waals surface area contributed by atoms with E-state index in [2.05, 4.69) is 54.3 Å². The fraction of sp³-hybridized carbons (Fsp3) is 1.00. The van der Waals surface area contributed by atoms with Crippen molar-refractivity contribution in [2.75, 3.05) is 13.1 Å². The third kappa shape index (κ3) is 3.12. The zero-order chi connectivity index (χ0) is 14.6. The third-order valence-electron chi connectivity index (χ3n) is 3.75. The summed E-state index contributed by atoms with van der Waals surface area (Å²) in [6, 6.07) is 0. The van der Waals surface area contributed by atoms with E-state index in [9.17, 15) is 0 Å². The molecule has 0 bridgehead atoms. The van der Waals surface area contributed by atoms with Crippen molar-refractivity contribution < 1.29 is 0 Å². The van der Waals surface area contributed by atoms with Crippen molar-refractivity contribution in [1.29, 1.82) is 0 Å². The first-order valence-corrected chi connectivity index (χ1v) is 21.7. The van der Waals surface area contributed by atoms with E-state index in [4.69, 9.17) is 33.2 Å². The van der Waals surface area contributed by atoms with Crippen molar-refractivity contribution in [2.45, 2.75) is 45.8 Å². The van der Waals surface area contributed by atoms with Gasteiger partial charge in [-0.05, 0) is 19.6 Å². The highest BCUT2D eigenvalue weighted by molar-refractivity contribution is 7.88. The van der Waals surface area contributed by atoms with Gasteiger partial charge in [-0.15, -0.1) is 33.2 Å². The molecule has 2 nitrogen and oxygen atoms in total. The van der Waals surface area contributed by atoms with E-state index in [1.54, 1.807) is 0 Å². The number of rotatable bonds is 3. The van der Waals surface area contributed by atoms with Crippen LogP contribution in [0.1, 0.15) is 0 Å². The van der Waals surface area contributed by atoms with Gasteiger partial charge in [-0.1, -0.05) is 39.3 Å². The minimum Gasteiger partial charge on any atom is -0.332 e. The van der Waals surface area contributed by atoms with Crippen LogP contribution in [0, 0.1) is 0 Å². The molecule has 0 atom stereocenters. The van der Waals surface area contributed by atoms with E-state index in [1.165, 1.54) is 0 Å². The van der Waals surface area contributed by atoms with Crippen LogP contribution in [-0.4, -0.2) is 51.5 Å². The normalized spacial score (nSPS) is 23.7. The second-order valence-electron chi connectivity index (χ2n) is 7.16. The Morgan fingerprint density at radius 3 is 1.22 bits per heavy atom. The van der Waals surface area contributed by atoms with Crippen molar-refractivity contribution >= 4 is 63.1 Å². The van der Waals surface area contributed by atoms with Crippen LogP contribution in [0.2, 0.25) is 45.8 Å². The smallest absolute Gasteiger partial charge is 0.332 e. The predicted molar refractivity (Wildman–Crippen MR) is 95.0 cm³/mol. The molecule has 1 aliphatic heterocycles. The average Bonchev–Trinajstić information content (AvgIpc) is 2.40. The minimum absolute atomic E-state index is 1.10. The van der Waals surface area contributed by atoms with Crippen molar-refractivity contribution in [3.05, 3.63) is 0 Å². The van der Waals surface area contributed by atoms with Gasteiger partial charge in [0.15, 0.2) is 0 Å². The van der Waals surface area contributed by atoms with Gasteiger partial charge >= 0.3 is 5.52 Å². The highest BCUT2D eigenvalue weighted by Gasteiger charge is 2.65. The van der Waals surface area contributed by atoms with Gasteiger partial charge in [0, 0.05) is 0 Å². The van der Waals surface area contributed by atoms with Crippen LogP contribution in [0.15, 0.2) is 0 Å². The van der Waals surface area contributed by atoms with Gasteiger partial charge in [-0.25, -0.2) is 0 Å². The summed E-state index contributed by atoms with van der Waals surface area (Å²) in [6.45, 7) is 18.7. The summed E-state index contributed by atoms with van der Waals surface area (Å²) < 4.78 is 5.33. The summed E-state index contributed by atoms with van der Waals surface area (Å²) in [5, 5.41) is 0. The largest absolute Gasteiger partial charge is 0.357 e. The van der Waals surface area contributed by atoms with E-state index in [0.29, 0.717) is 0 Å². The zero-order valence-corrected chi connectivity index (χ0v) is 18.7. The van der Waals surface area contributed by atoms with Crippen molar-refractivity contribution in [1.82, 2.24) is 8.46 Å². The highest BCUT2D eigenvalue weighted by Crippen LogP contribution is 2.43. The molecule has 18 heavy (non-hydrogen) atoms. The van der Waals surface area contributed by atoms with Gasteiger partial charge in [-0.3, -0.25) is 0 Å². The quantitative estimate of drug-likeness (QED) is 0.538. The van der Waals surface area contributed by atoms with Crippen molar-refractivity contribution in [3.8, 4) is 0 Å². The molecule has 0 spiro atoms. The maximum Gasteiger partial charge on any atom is 0.357 e. The zero-order valence-electron chi connectivity index (χ0n) is 12.4. The predicted octanol–water partition coefficient (Wildman–Crippen LogP) is 4.08. The van der Waals surface area contributed by atoms with Crippen LogP contribution in [0.25, 0.3) is 0 Å². The molecule has 1 fully saturated rings. The Morgan fingerprint density at radius 2 is 1.06 bits per heavy atom. The Morgan fingerprint density at radius 1 is 0.778 bits per heavy atom. The topological polar surface area (TPSA) is 6.48 Å². The Balaban J connectivity index is 3.30. The Labute approximate surface area is 130 Å². The highest BCUT2D eigenvalue weighted by atomic mass is 35.8. The molecule has 1 heterocycles. The lowest BCUT2D eigenvalue weighted by Crippen LogP contribution is -2.76. The standard InChI is InChI=1S/C9H25Cl3N2Si4/c1-15(2,3)13-8-9-14(16(4,5)6)17(13,7)18(10,11)12/h8-9H2,1-7H3. The first-order chi connectivity index (χ1) is 7.72. The summed E-state index contributed by atoms with van der Waals surface area (Å²) >= 11 is 19.7. The van der Waals surface area contributed by atoms with Gasteiger partial charge in [0.05, 0.1) is 0 Å². The fourth-order valence-corrected chi connectivity index (χ4v) is 39.0. The monoisotopic (exact) mass is 378 g/mol. The van der Waals surface area contributed by atoms with Gasteiger partial charge in [0.25, 0.3) is 0 Å². The molecule has 0 unspecified atom stereocenters. The van der Waals surface area contributed by atoms with Gasteiger partial charge in [-0.2, -0.15) is 0 Å². The molecule has 0 aromatic carbocycles. The summed E-state index contributed by atoms with van der Waals surface area (Å²) in [5.74, 6) is 0. The molecule has 0 aromatic rings. The van der Waals surface area contributed by atoms with E-state index in [1.807, 2.05) is 0 Å². The summed E-state index contributed by atoms with van der Waals surface area (Å²) in [4.78, 5) is 0. The number of nitrogens with zero attached hydrogens (tertiary/aromatic N) is 2. The van der Waals surface area contributed by atoms with Gasteiger partial charge in [0.2, 0.25) is 7.91 Å². The molecular weight excluding hydrogens is 355 g/mol. The molecule has 9 heteroatoms. The lowest BCUT2D eigenvalue weighted by molar-refractivity contribution is 0.654. The van der Waals surface area contributed by atoms with Crippen LogP contribution < -0.4 is 0 Å². The Hall–Kier alpha value is 1.66.